The standard InChI is InChI=1S/C22H18F2N8O2S/c1-14-2-4-15(5-3-14)20-28-29-21(34-20)35-19-9-31(30-27-19)10-22(33,11-32-13-25-12-26-32)17-7-6-16(23)8-18(17)24/h2-9,12-13,33H,10-11H2,1H3. The molecule has 0 spiro atoms. The van der Waals surface area contributed by atoms with Crippen LogP contribution in [0.5, 0.6) is 0 Å². The molecule has 13 heteroatoms. The van der Waals surface area contributed by atoms with Gasteiger partial charge in [0.15, 0.2) is 0 Å². The first kappa shape index (κ1) is 22.8. The summed E-state index contributed by atoms with van der Waals surface area (Å²) in [5.74, 6) is -1.27. The number of aromatic nitrogens is 8. The lowest BCUT2D eigenvalue weighted by molar-refractivity contribution is -0.00893. The van der Waals surface area contributed by atoms with Crippen LogP contribution in [0.2, 0.25) is 0 Å². The molecule has 3 heterocycles. The first-order chi connectivity index (χ1) is 16.9. The molecule has 178 valence electrons. The van der Waals surface area contributed by atoms with E-state index in [1.165, 1.54) is 28.1 Å². The van der Waals surface area contributed by atoms with Crippen molar-refractivity contribution < 1.29 is 18.3 Å². The molecule has 0 aliphatic carbocycles. The molecule has 10 nitrogen and oxygen atoms in total. The van der Waals surface area contributed by atoms with Crippen molar-refractivity contribution in [2.24, 2.45) is 0 Å². The zero-order valence-corrected chi connectivity index (χ0v) is 19.1. The highest BCUT2D eigenvalue weighted by atomic mass is 32.2. The summed E-state index contributed by atoms with van der Waals surface area (Å²) in [7, 11) is 0. The average molecular weight is 497 g/mol. The number of aryl methyl sites for hydroxylation is 1. The maximum atomic E-state index is 14.6. The van der Waals surface area contributed by atoms with E-state index in [1.807, 2.05) is 31.2 Å². The van der Waals surface area contributed by atoms with Crippen molar-refractivity contribution in [2.75, 3.05) is 0 Å². The first-order valence-corrected chi connectivity index (χ1v) is 11.2. The molecule has 0 aliphatic rings. The highest BCUT2D eigenvalue weighted by molar-refractivity contribution is 7.99. The zero-order valence-electron chi connectivity index (χ0n) is 18.3. The van der Waals surface area contributed by atoms with E-state index in [9.17, 15) is 13.9 Å². The van der Waals surface area contributed by atoms with Crippen molar-refractivity contribution in [1.82, 2.24) is 40.0 Å². The van der Waals surface area contributed by atoms with E-state index < -0.39 is 17.2 Å². The van der Waals surface area contributed by atoms with Crippen LogP contribution in [0.25, 0.3) is 11.5 Å². The lowest BCUT2D eigenvalue weighted by Crippen LogP contribution is -2.37. The molecule has 35 heavy (non-hydrogen) atoms. The van der Waals surface area contributed by atoms with Crippen molar-refractivity contribution >= 4 is 11.8 Å². The summed E-state index contributed by atoms with van der Waals surface area (Å²) >= 11 is 1.09. The van der Waals surface area contributed by atoms with E-state index in [1.54, 1.807) is 6.20 Å². The van der Waals surface area contributed by atoms with Gasteiger partial charge in [0.25, 0.3) is 5.22 Å². The highest BCUT2D eigenvalue weighted by Crippen LogP contribution is 2.31. The molecule has 0 radical (unpaired) electrons. The number of halogens is 2. The van der Waals surface area contributed by atoms with Crippen LogP contribution < -0.4 is 0 Å². The average Bonchev–Trinajstić information content (AvgIpc) is 3.58. The predicted molar refractivity (Wildman–Crippen MR) is 119 cm³/mol. The Bertz CT molecular complexity index is 1440. The molecule has 5 aromatic rings. The highest BCUT2D eigenvalue weighted by Gasteiger charge is 2.35. The molecule has 2 aromatic carbocycles. The molecule has 0 bridgehead atoms. The Balaban J connectivity index is 1.36. The quantitative estimate of drug-likeness (QED) is 0.345. The third kappa shape index (κ3) is 5.10. The van der Waals surface area contributed by atoms with Crippen LogP contribution in [0, 0.1) is 18.6 Å². The van der Waals surface area contributed by atoms with Gasteiger partial charge in [0.05, 0.1) is 19.3 Å². The maximum Gasteiger partial charge on any atom is 0.283 e. The third-order valence-electron chi connectivity index (χ3n) is 5.16. The van der Waals surface area contributed by atoms with Crippen molar-refractivity contribution in [3.63, 3.8) is 0 Å². The Morgan fingerprint density at radius 1 is 1.03 bits per heavy atom. The van der Waals surface area contributed by atoms with Gasteiger partial charge < -0.3 is 9.52 Å². The molecule has 0 amide bonds. The number of aliphatic hydroxyl groups is 1. The molecule has 0 fully saturated rings. The van der Waals surface area contributed by atoms with E-state index in [0.717, 1.165) is 29.0 Å². The van der Waals surface area contributed by atoms with Crippen molar-refractivity contribution in [2.45, 2.75) is 35.9 Å². The molecule has 0 saturated carbocycles. The van der Waals surface area contributed by atoms with Crippen LogP contribution in [0.4, 0.5) is 8.78 Å². The second-order valence-corrected chi connectivity index (χ2v) is 8.82. The second-order valence-electron chi connectivity index (χ2n) is 7.84. The van der Waals surface area contributed by atoms with Gasteiger partial charge >= 0.3 is 0 Å². The Hall–Kier alpha value is -3.97. The molecule has 1 atom stereocenters. The lowest BCUT2D eigenvalue weighted by atomic mass is 9.93. The Labute approximate surface area is 201 Å². The SMILES string of the molecule is Cc1ccc(-c2nnc(Sc3cn(CC(O)(Cn4cncn4)c4ccc(F)cc4F)nn3)o2)cc1. The molecule has 1 N–H and O–H groups in total. The van der Waals surface area contributed by atoms with Gasteiger partial charge in [-0.2, -0.15) is 5.10 Å². The minimum absolute atomic E-state index is 0.112. The van der Waals surface area contributed by atoms with Crippen LogP contribution in [0.3, 0.4) is 0 Å². The topological polar surface area (TPSA) is 121 Å². The minimum atomic E-state index is -1.83. The monoisotopic (exact) mass is 496 g/mol. The predicted octanol–water partition coefficient (Wildman–Crippen LogP) is 3.25. The van der Waals surface area contributed by atoms with Crippen LogP contribution in [0.15, 0.2) is 76.0 Å². The molecular formula is C22H18F2N8O2S. The molecule has 5 rings (SSSR count). The summed E-state index contributed by atoms with van der Waals surface area (Å²) in [5.41, 5.74) is -0.0369. The largest absolute Gasteiger partial charge is 0.411 e. The maximum absolute atomic E-state index is 14.6. The zero-order chi connectivity index (χ0) is 24.4. The van der Waals surface area contributed by atoms with Gasteiger partial charge in [0.2, 0.25) is 5.89 Å². The Morgan fingerprint density at radius 2 is 1.83 bits per heavy atom. The fraction of sp³-hybridized carbons (Fsp3) is 0.182. The van der Waals surface area contributed by atoms with Gasteiger partial charge in [0, 0.05) is 17.2 Å². The van der Waals surface area contributed by atoms with Crippen LogP contribution in [0.1, 0.15) is 11.1 Å². The van der Waals surface area contributed by atoms with Gasteiger partial charge in [0.1, 0.15) is 34.9 Å². The summed E-state index contributed by atoms with van der Waals surface area (Å²) in [5, 5.41) is 32.3. The molecule has 0 saturated heterocycles. The van der Waals surface area contributed by atoms with Crippen molar-refractivity contribution in [1.29, 1.82) is 0 Å². The normalized spacial score (nSPS) is 13.1. The van der Waals surface area contributed by atoms with E-state index in [2.05, 4.69) is 30.6 Å². The van der Waals surface area contributed by atoms with E-state index >= 15 is 0 Å². The Kier molecular flexibility index (Phi) is 6.09. The van der Waals surface area contributed by atoms with Crippen molar-refractivity contribution in [3.05, 3.63) is 84.1 Å². The summed E-state index contributed by atoms with van der Waals surface area (Å²) in [6, 6.07) is 10.7. The summed E-state index contributed by atoms with van der Waals surface area (Å²) < 4.78 is 36.5. The number of hydrogen-bond acceptors (Lipinski definition) is 9. The molecule has 3 aromatic heterocycles. The number of nitrogens with zero attached hydrogens (tertiary/aromatic N) is 8. The van der Waals surface area contributed by atoms with Gasteiger partial charge in [-0.15, -0.1) is 15.3 Å². The van der Waals surface area contributed by atoms with Crippen molar-refractivity contribution in [3.8, 4) is 11.5 Å². The van der Waals surface area contributed by atoms with Gasteiger partial charge in [-0.3, -0.25) is 0 Å². The summed E-state index contributed by atoms with van der Waals surface area (Å²) in [6.07, 6.45) is 4.23. The third-order valence-corrected chi connectivity index (χ3v) is 5.90. The lowest BCUT2D eigenvalue weighted by Gasteiger charge is -2.28. The van der Waals surface area contributed by atoms with Crippen LogP contribution in [-0.4, -0.2) is 45.1 Å². The fourth-order valence-corrected chi connectivity index (χ4v) is 4.13. The van der Waals surface area contributed by atoms with Crippen LogP contribution in [-0.2, 0) is 18.7 Å². The van der Waals surface area contributed by atoms with Crippen LogP contribution >= 0.6 is 11.8 Å². The van der Waals surface area contributed by atoms with E-state index in [4.69, 9.17) is 4.42 Å². The van der Waals surface area contributed by atoms with Gasteiger partial charge in [-0.05, 0) is 36.9 Å². The number of hydrogen-bond donors (Lipinski definition) is 1. The molecule has 0 aliphatic heterocycles. The number of rotatable bonds is 8. The van der Waals surface area contributed by atoms with E-state index in [0.29, 0.717) is 17.0 Å². The number of benzene rings is 2. The Morgan fingerprint density at radius 3 is 2.57 bits per heavy atom. The van der Waals surface area contributed by atoms with E-state index in [-0.39, 0.29) is 23.9 Å². The first-order valence-electron chi connectivity index (χ1n) is 10.4. The minimum Gasteiger partial charge on any atom is -0.411 e. The molecule has 1 unspecified atom stereocenters. The van der Waals surface area contributed by atoms with Gasteiger partial charge in [-0.1, -0.05) is 29.0 Å². The van der Waals surface area contributed by atoms with Gasteiger partial charge in [-0.25, -0.2) is 23.1 Å². The smallest absolute Gasteiger partial charge is 0.283 e. The summed E-state index contributed by atoms with van der Waals surface area (Å²) in [4.78, 5) is 3.85. The summed E-state index contributed by atoms with van der Waals surface area (Å²) in [6.45, 7) is 1.64. The fourth-order valence-electron chi connectivity index (χ4n) is 3.50. The second kappa shape index (κ2) is 9.35. The molecular weight excluding hydrogens is 478 g/mol.